The van der Waals surface area contributed by atoms with Crippen molar-refractivity contribution in [3.8, 4) is 0 Å². The Balaban J connectivity index is 2.95. The summed E-state index contributed by atoms with van der Waals surface area (Å²) in [6.07, 6.45) is -1.53. The molecule has 1 rings (SSSR count). The predicted octanol–water partition coefficient (Wildman–Crippen LogP) is 0.872. The fraction of sp³-hybridized carbons (Fsp3) is 0.364. The Morgan fingerprint density at radius 2 is 1.86 bits per heavy atom. The van der Waals surface area contributed by atoms with Crippen molar-refractivity contribution in [2.24, 2.45) is 0 Å². The van der Waals surface area contributed by atoms with Crippen LogP contribution < -0.4 is 4.72 Å². The lowest BCUT2D eigenvalue weighted by molar-refractivity contribution is -0.139. The highest BCUT2D eigenvalue weighted by Crippen LogP contribution is 2.20. The van der Waals surface area contributed by atoms with Crippen LogP contribution >= 0.6 is 0 Å². The molecule has 10 heteroatoms. The summed E-state index contributed by atoms with van der Waals surface area (Å²) in [5.41, 5.74) is 0. The minimum absolute atomic E-state index is 0.225. The molecule has 0 aliphatic heterocycles. The van der Waals surface area contributed by atoms with Crippen molar-refractivity contribution in [2.75, 3.05) is 13.7 Å². The van der Waals surface area contributed by atoms with Gasteiger partial charge in [0.25, 0.3) is 0 Å². The number of hydrogen-bond donors (Lipinski definition) is 2. The molecule has 0 fully saturated rings. The van der Waals surface area contributed by atoms with Gasteiger partial charge in [-0.1, -0.05) is 0 Å². The maximum absolute atomic E-state index is 13.4. The summed E-state index contributed by atoms with van der Waals surface area (Å²) in [6.45, 7) is -0.513. The average molecular weight is 327 g/mol. The molecule has 0 amide bonds. The second kappa shape index (κ2) is 6.87. The van der Waals surface area contributed by atoms with E-state index in [1.807, 2.05) is 4.72 Å². The van der Waals surface area contributed by atoms with E-state index in [-0.39, 0.29) is 12.1 Å². The first-order valence-electron chi connectivity index (χ1n) is 5.56. The van der Waals surface area contributed by atoms with E-state index in [2.05, 4.69) is 0 Å². The molecule has 0 saturated carbocycles. The van der Waals surface area contributed by atoms with Crippen LogP contribution in [0.2, 0.25) is 0 Å². The first-order valence-corrected chi connectivity index (χ1v) is 7.04. The van der Waals surface area contributed by atoms with E-state index in [1.165, 1.54) is 0 Å². The number of sulfonamides is 1. The smallest absolute Gasteiger partial charge is 0.306 e. The van der Waals surface area contributed by atoms with Crippen molar-refractivity contribution in [3.05, 3.63) is 29.6 Å². The SMILES string of the molecule is COC(CNS(=O)(=O)c1c(F)cc(F)cc1F)CC(=O)O. The largest absolute Gasteiger partial charge is 0.481 e. The molecule has 6 nitrogen and oxygen atoms in total. The normalized spacial score (nSPS) is 13.1. The molecular formula is C11H12F3NO5S. The number of hydrogen-bond acceptors (Lipinski definition) is 4. The molecule has 2 N–H and O–H groups in total. The summed E-state index contributed by atoms with van der Waals surface area (Å²) in [5, 5.41) is 8.56. The number of benzene rings is 1. The number of rotatable bonds is 7. The van der Waals surface area contributed by atoms with Crippen LogP contribution in [0.25, 0.3) is 0 Å². The highest BCUT2D eigenvalue weighted by atomic mass is 32.2. The third-order valence-corrected chi connectivity index (χ3v) is 3.94. The van der Waals surface area contributed by atoms with Gasteiger partial charge in [-0.2, -0.15) is 0 Å². The quantitative estimate of drug-likeness (QED) is 0.775. The van der Waals surface area contributed by atoms with Crippen molar-refractivity contribution in [2.45, 2.75) is 17.4 Å². The Kier molecular flexibility index (Phi) is 5.70. The Morgan fingerprint density at radius 3 is 2.29 bits per heavy atom. The number of carboxylic acids is 1. The van der Waals surface area contributed by atoms with E-state index < -0.39 is 57.4 Å². The van der Waals surface area contributed by atoms with Crippen LogP contribution in [-0.4, -0.2) is 39.3 Å². The zero-order chi connectivity index (χ0) is 16.2. The second-order valence-corrected chi connectivity index (χ2v) is 5.71. The summed E-state index contributed by atoms with van der Waals surface area (Å²) >= 11 is 0. The molecule has 0 radical (unpaired) electrons. The van der Waals surface area contributed by atoms with Crippen LogP contribution in [0.1, 0.15) is 6.42 Å². The number of nitrogens with one attached hydrogen (secondary N) is 1. The van der Waals surface area contributed by atoms with Crippen molar-refractivity contribution in [1.82, 2.24) is 4.72 Å². The minimum Gasteiger partial charge on any atom is -0.481 e. The molecule has 21 heavy (non-hydrogen) atoms. The molecule has 1 aromatic rings. The fourth-order valence-corrected chi connectivity index (χ4v) is 2.68. The molecule has 0 spiro atoms. The summed E-state index contributed by atoms with van der Waals surface area (Å²) in [5.74, 6) is -5.68. The molecule has 1 atom stereocenters. The number of carboxylic acid groups (broad SMARTS) is 1. The van der Waals surface area contributed by atoms with Gasteiger partial charge in [-0.15, -0.1) is 0 Å². The molecule has 0 heterocycles. The number of carbonyl (C=O) groups is 1. The molecule has 0 aromatic heterocycles. The van der Waals surface area contributed by atoms with Gasteiger partial charge in [0, 0.05) is 25.8 Å². The third kappa shape index (κ3) is 4.69. The van der Waals surface area contributed by atoms with Crippen molar-refractivity contribution in [3.63, 3.8) is 0 Å². The molecule has 0 aliphatic rings. The fourth-order valence-electron chi connectivity index (χ4n) is 1.49. The van der Waals surface area contributed by atoms with Crippen LogP contribution in [0, 0.1) is 17.5 Å². The Bertz CT molecular complexity index is 612. The average Bonchev–Trinajstić information content (AvgIpc) is 2.32. The van der Waals surface area contributed by atoms with Crippen molar-refractivity contribution < 1.29 is 36.2 Å². The number of aliphatic carboxylic acids is 1. The number of halogens is 3. The zero-order valence-electron chi connectivity index (χ0n) is 10.8. The number of methoxy groups -OCH3 is 1. The minimum atomic E-state index is -4.62. The third-order valence-electron chi connectivity index (χ3n) is 2.47. The highest BCUT2D eigenvalue weighted by Gasteiger charge is 2.26. The molecular weight excluding hydrogens is 315 g/mol. The van der Waals surface area contributed by atoms with E-state index >= 15 is 0 Å². The Hall–Kier alpha value is -1.65. The summed E-state index contributed by atoms with van der Waals surface area (Å²) < 4.78 is 69.6. The lowest BCUT2D eigenvalue weighted by Gasteiger charge is -2.14. The van der Waals surface area contributed by atoms with E-state index in [1.54, 1.807) is 0 Å². The van der Waals surface area contributed by atoms with Gasteiger partial charge in [-0.05, 0) is 0 Å². The molecule has 118 valence electrons. The molecule has 0 aliphatic carbocycles. The van der Waals surface area contributed by atoms with Crippen molar-refractivity contribution in [1.29, 1.82) is 0 Å². The van der Waals surface area contributed by atoms with Crippen LogP contribution in [0.3, 0.4) is 0 Å². The monoisotopic (exact) mass is 327 g/mol. The van der Waals surface area contributed by atoms with Crippen LogP contribution in [0.4, 0.5) is 13.2 Å². The standard InChI is InChI=1S/C11H12F3NO5S/c1-20-7(4-10(16)17)5-15-21(18,19)11-8(13)2-6(12)3-9(11)14/h2-3,7,15H,4-5H2,1H3,(H,16,17). The Morgan fingerprint density at radius 1 is 1.33 bits per heavy atom. The van der Waals surface area contributed by atoms with E-state index in [9.17, 15) is 26.4 Å². The first kappa shape index (κ1) is 17.4. The summed E-state index contributed by atoms with van der Waals surface area (Å²) in [7, 11) is -3.47. The predicted molar refractivity (Wildman–Crippen MR) is 64.6 cm³/mol. The molecule has 0 bridgehead atoms. The Labute approximate surface area is 118 Å². The highest BCUT2D eigenvalue weighted by molar-refractivity contribution is 7.89. The lowest BCUT2D eigenvalue weighted by Crippen LogP contribution is -2.35. The van der Waals surface area contributed by atoms with Gasteiger partial charge >= 0.3 is 5.97 Å². The summed E-state index contributed by atoms with van der Waals surface area (Å²) in [4.78, 5) is 9.15. The molecule has 1 aromatic carbocycles. The first-order chi connectivity index (χ1) is 9.67. The maximum Gasteiger partial charge on any atom is 0.306 e. The van der Waals surface area contributed by atoms with E-state index in [0.717, 1.165) is 7.11 Å². The van der Waals surface area contributed by atoms with Crippen LogP contribution in [0.5, 0.6) is 0 Å². The second-order valence-electron chi connectivity index (χ2n) is 4.01. The maximum atomic E-state index is 13.4. The van der Waals surface area contributed by atoms with Gasteiger partial charge in [0.1, 0.15) is 17.5 Å². The van der Waals surface area contributed by atoms with Gasteiger partial charge < -0.3 is 9.84 Å². The molecule has 1 unspecified atom stereocenters. The van der Waals surface area contributed by atoms with Gasteiger partial charge in [-0.3, -0.25) is 4.79 Å². The number of ether oxygens (including phenoxy) is 1. The van der Waals surface area contributed by atoms with E-state index in [4.69, 9.17) is 9.84 Å². The topological polar surface area (TPSA) is 92.7 Å². The zero-order valence-corrected chi connectivity index (χ0v) is 11.6. The molecule has 0 saturated heterocycles. The van der Waals surface area contributed by atoms with Crippen LogP contribution in [0.15, 0.2) is 17.0 Å². The van der Waals surface area contributed by atoms with Crippen LogP contribution in [-0.2, 0) is 19.6 Å². The summed E-state index contributed by atoms with van der Waals surface area (Å²) in [6, 6.07) is 0.450. The lowest BCUT2D eigenvalue weighted by atomic mass is 10.2. The van der Waals surface area contributed by atoms with Gasteiger partial charge in [0.15, 0.2) is 4.90 Å². The van der Waals surface area contributed by atoms with Gasteiger partial charge in [-0.25, -0.2) is 26.3 Å². The van der Waals surface area contributed by atoms with Gasteiger partial charge in [0.05, 0.1) is 12.5 Å². The van der Waals surface area contributed by atoms with Crippen molar-refractivity contribution >= 4 is 16.0 Å². The van der Waals surface area contributed by atoms with E-state index in [0.29, 0.717) is 0 Å². The van der Waals surface area contributed by atoms with Gasteiger partial charge in [0.2, 0.25) is 10.0 Å².